The third-order valence-electron chi connectivity index (χ3n) is 3.36. The van der Waals surface area contributed by atoms with E-state index in [1.807, 2.05) is 13.0 Å². The molecule has 23 heavy (non-hydrogen) atoms. The van der Waals surface area contributed by atoms with Gasteiger partial charge < -0.3 is 19.1 Å². The number of ether oxygens (including phenoxy) is 3. The minimum Gasteiger partial charge on any atom is -0.466 e. The number of rotatable bonds is 3. The standard InChI is InChI=1S/C15H15BrClNO5/c1-8-4-10(16)11(17)5-12(8)18-7-23-6-9(14(19)21-2)13(18)15(20)22-3/h4-5H,6-7H2,1-3H3. The molecule has 0 saturated carbocycles. The minimum atomic E-state index is -0.646. The molecule has 1 aliphatic rings. The fourth-order valence-electron chi connectivity index (χ4n) is 2.26. The highest BCUT2D eigenvalue weighted by Crippen LogP contribution is 2.35. The molecule has 0 amide bonds. The van der Waals surface area contributed by atoms with Crippen LogP contribution in [0.2, 0.25) is 5.02 Å². The summed E-state index contributed by atoms with van der Waals surface area (Å²) >= 11 is 9.50. The van der Waals surface area contributed by atoms with E-state index >= 15 is 0 Å². The van der Waals surface area contributed by atoms with E-state index in [1.54, 1.807) is 11.0 Å². The van der Waals surface area contributed by atoms with E-state index < -0.39 is 11.9 Å². The highest BCUT2D eigenvalue weighted by atomic mass is 79.9. The summed E-state index contributed by atoms with van der Waals surface area (Å²) < 4.78 is 15.7. The molecular formula is C15H15BrClNO5. The van der Waals surface area contributed by atoms with E-state index in [2.05, 4.69) is 15.9 Å². The Kier molecular flexibility index (Phi) is 5.67. The van der Waals surface area contributed by atoms with Crippen LogP contribution in [-0.2, 0) is 23.8 Å². The van der Waals surface area contributed by atoms with Gasteiger partial charge in [0.25, 0.3) is 0 Å². The second-order valence-corrected chi connectivity index (χ2v) is 6.03. The van der Waals surface area contributed by atoms with Crippen LogP contribution in [0, 0.1) is 6.92 Å². The van der Waals surface area contributed by atoms with Crippen molar-refractivity contribution < 1.29 is 23.8 Å². The number of carbonyl (C=O) groups excluding carboxylic acids is 2. The Labute approximate surface area is 147 Å². The second kappa shape index (κ2) is 7.33. The molecule has 0 unspecified atom stereocenters. The van der Waals surface area contributed by atoms with E-state index in [-0.39, 0.29) is 24.6 Å². The van der Waals surface area contributed by atoms with Gasteiger partial charge in [0, 0.05) is 10.2 Å². The number of carbonyl (C=O) groups is 2. The van der Waals surface area contributed by atoms with E-state index in [1.165, 1.54) is 14.2 Å². The number of methoxy groups -OCH3 is 2. The highest BCUT2D eigenvalue weighted by molar-refractivity contribution is 9.10. The summed E-state index contributed by atoms with van der Waals surface area (Å²) in [6, 6.07) is 3.51. The van der Waals surface area contributed by atoms with Gasteiger partial charge in [-0.2, -0.15) is 0 Å². The number of nitrogens with zero attached hydrogens (tertiary/aromatic N) is 1. The maximum atomic E-state index is 12.2. The predicted octanol–water partition coefficient (Wildman–Crippen LogP) is 2.81. The fraction of sp³-hybridized carbons (Fsp3) is 0.333. The molecule has 2 rings (SSSR count). The van der Waals surface area contributed by atoms with Gasteiger partial charge in [0.1, 0.15) is 12.4 Å². The largest absolute Gasteiger partial charge is 0.466 e. The van der Waals surface area contributed by atoms with Crippen molar-refractivity contribution in [2.75, 3.05) is 32.5 Å². The van der Waals surface area contributed by atoms with Crippen LogP contribution < -0.4 is 4.90 Å². The van der Waals surface area contributed by atoms with E-state index in [9.17, 15) is 9.59 Å². The first-order valence-electron chi connectivity index (χ1n) is 6.61. The zero-order valence-corrected chi connectivity index (χ0v) is 15.2. The molecule has 1 aromatic rings. The molecule has 0 fully saturated rings. The van der Waals surface area contributed by atoms with Gasteiger partial charge in [-0.15, -0.1) is 0 Å². The summed E-state index contributed by atoms with van der Waals surface area (Å²) in [5.74, 6) is -1.29. The molecular weight excluding hydrogens is 390 g/mol. The maximum Gasteiger partial charge on any atom is 0.355 e. The Hall–Kier alpha value is -1.57. The van der Waals surface area contributed by atoms with Gasteiger partial charge in [-0.3, -0.25) is 0 Å². The second-order valence-electron chi connectivity index (χ2n) is 4.77. The van der Waals surface area contributed by atoms with Gasteiger partial charge in [0.15, 0.2) is 0 Å². The van der Waals surface area contributed by atoms with Crippen molar-refractivity contribution >= 4 is 45.2 Å². The number of halogens is 2. The van der Waals surface area contributed by atoms with Crippen LogP contribution in [0.25, 0.3) is 0 Å². The predicted molar refractivity (Wildman–Crippen MR) is 88.2 cm³/mol. The first-order chi connectivity index (χ1) is 10.9. The lowest BCUT2D eigenvalue weighted by molar-refractivity contribution is -0.140. The van der Waals surface area contributed by atoms with E-state index in [0.29, 0.717) is 10.7 Å². The number of anilines is 1. The minimum absolute atomic E-state index is 0.0308. The lowest BCUT2D eigenvalue weighted by atomic mass is 10.1. The molecule has 6 nitrogen and oxygen atoms in total. The van der Waals surface area contributed by atoms with E-state index in [4.69, 9.17) is 25.8 Å². The van der Waals surface area contributed by atoms with Crippen LogP contribution in [0.1, 0.15) is 5.56 Å². The van der Waals surface area contributed by atoms with Crippen molar-refractivity contribution in [3.05, 3.63) is 38.5 Å². The molecule has 0 bridgehead atoms. The number of esters is 2. The monoisotopic (exact) mass is 403 g/mol. The molecule has 1 heterocycles. The van der Waals surface area contributed by atoms with Crippen LogP contribution in [0.5, 0.6) is 0 Å². The van der Waals surface area contributed by atoms with Gasteiger partial charge in [-0.25, -0.2) is 9.59 Å². The summed E-state index contributed by atoms with van der Waals surface area (Å²) in [7, 11) is 2.49. The molecule has 8 heteroatoms. The number of benzene rings is 1. The Bertz CT molecular complexity index is 689. The lowest BCUT2D eigenvalue weighted by Crippen LogP contribution is -2.39. The number of aryl methyl sites for hydroxylation is 1. The molecule has 0 radical (unpaired) electrons. The maximum absolute atomic E-state index is 12.2. The van der Waals surface area contributed by atoms with Gasteiger partial charge >= 0.3 is 11.9 Å². The summed E-state index contributed by atoms with van der Waals surface area (Å²) in [6.07, 6.45) is 0. The highest BCUT2D eigenvalue weighted by Gasteiger charge is 2.33. The molecule has 0 N–H and O–H groups in total. The quantitative estimate of drug-likeness (QED) is 0.722. The SMILES string of the molecule is COC(=O)C1=C(C(=O)OC)N(c2cc(Cl)c(Br)cc2C)COC1. The van der Waals surface area contributed by atoms with Crippen molar-refractivity contribution in [3.8, 4) is 0 Å². The van der Waals surface area contributed by atoms with Crippen LogP contribution >= 0.6 is 27.5 Å². The van der Waals surface area contributed by atoms with Gasteiger partial charge in [0.2, 0.25) is 0 Å². The number of hydrogen-bond acceptors (Lipinski definition) is 6. The smallest absolute Gasteiger partial charge is 0.355 e. The molecule has 124 valence electrons. The third kappa shape index (κ3) is 3.52. The Morgan fingerprint density at radius 3 is 2.52 bits per heavy atom. The third-order valence-corrected chi connectivity index (χ3v) is 4.56. The number of hydrogen-bond donors (Lipinski definition) is 0. The topological polar surface area (TPSA) is 65.1 Å². The molecule has 0 aromatic heterocycles. The molecule has 0 atom stereocenters. The normalized spacial score (nSPS) is 14.7. The summed E-state index contributed by atoms with van der Waals surface area (Å²) in [6.45, 7) is 1.92. The van der Waals surface area contributed by atoms with E-state index in [0.717, 1.165) is 10.0 Å². The summed E-state index contributed by atoms with van der Waals surface area (Å²) in [4.78, 5) is 25.7. The first kappa shape index (κ1) is 17.8. The molecule has 1 aliphatic heterocycles. The Morgan fingerprint density at radius 2 is 1.91 bits per heavy atom. The molecule has 0 spiro atoms. The summed E-state index contributed by atoms with van der Waals surface area (Å²) in [5.41, 5.74) is 1.67. The van der Waals surface area contributed by atoms with Crippen molar-refractivity contribution in [1.29, 1.82) is 0 Å². The van der Waals surface area contributed by atoms with Gasteiger partial charge in [-0.05, 0) is 40.5 Å². The first-order valence-corrected chi connectivity index (χ1v) is 7.78. The lowest BCUT2D eigenvalue weighted by Gasteiger charge is -2.32. The molecule has 1 aromatic carbocycles. The van der Waals surface area contributed by atoms with Crippen molar-refractivity contribution in [2.45, 2.75) is 6.92 Å². The average molecular weight is 405 g/mol. The van der Waals surface area contributed by atoms with Crippen LogP contribution in [-0.4, -0.2) is 39.5 Å². The molecule has 0 aliphatic carbocycles. The van der Waals surface area contributed by atoms with Crippen molar-refractivity contribution in [2.24, 2.45) is 0 Å². The average Bonchev–Trinajstić information content (AvgIpc) is 2.56. The van der Waals surface area contributed by atoms with Gasteiger partial charge in [-0.1, -0.05) is 11.6 Å². The molecule has 0 saturated heterocycles. The van der Waals surface area contributed by atoms with Crippen molar-refractivity contribution in [1.82, 2.24) is 0 Å². The van der Waals surface area contributed by atoms with Crippen LogP contribution in [0.4, 0.5) is 5.69 Å². The zero-order valence-electron chi connectivity index (χ0n) is 12.8. The van der Waals surface area contributed by atoms with Crippen LogP contribution in [0.15, 0.2) is 27.9 Å². The zero-order chi connectivity index (χ0) is 17.1. The van der Waals surface area contributed by atoms with Crippen molar-refractivity contribution in [3.63, 3.8) is 0 Å². The Balaban J connectivity index is 2.62. The summed E-state index contributed by atoms with van der Waals surface area (Å²) in [5, 5.41) is 0.472. The van der Waals surface area contributed by atoms with Crippen LogP contribution in [0.3, 0.4) is 0 Å². The fourth-order valence-corrected chi connectivity index (χ4v) is 2.88. The van der Waals surface area contributed by atoms with Gasteiger partial charge in [0.05, 0.1) is 31.4 Å². The Morgan fingerprint density at radius 1 is 1.26 bits per heavy atom.